The van der Waals surface area contributed by atoms with Crippen molar-refractivity contribution in [3.05, 3.63) is 77.9 Å². The van der Waals surface area contributed by atoms with Crippen LogP contribution in [0.15, 0.2) is 60.9 Å². The number of hydrogen-bond acceptors (Lipinski definition) is 6. The molecule has 1 aliphatic rings. The lowest BCUT2D eigenvalue weighted by molar-refractivity contribution is 0.226. The zero-order valence-corrected chi connectivity index (χ0v) is 18.5. The van der Waals surface area contributed by atoms with E-state index in [2.05, 4.69) is 30.5 Å². The van der Waals surface area contributed by atoms with Gasteiger partial charge in [-0.25, -0.2) is 19.3 Å². The average molecular weight is 446 g/mol. The number of hydrogen-bond donors (Lipinski definition) is 3. The Kier molecular flexibility index (Phi) is 6.44. The number of benzene rings is 1. The van der Waals surface area contributed by atoms with Crippen molar-refractivity contribution in [2.45, 2.75) is 25.3 Å². The van der Waals surface area contributed by atoms with Gasteiger partial charge >= 0.3 is 0 Å². The maximum atomic E-state index is 13.2. The predicted molar refractivity (Wildman–Crippen MR) is 129 cm³/mol. The first-order valence-electron chi connectivity index (χ1n) is 11.4. The van der Waals surface area contributed by atoms with Crippen molar-refractivity contribution in [2.24, 2.45) is 0 Å². The lowest BCUT2D eigenvalue weighted by atomic mass is 10.1. The number of aromatic amines is 1. The molecule has 1 aromatic carbocycles. The summed E-state index contributed by atoms with van der Waals surface area (Å²) in [6.07, 6.45) is 6.42. The van der Waals surface area contributed by atoms with E-state index in [4.69, 9.17) is 4.98 Å². The van der Waals surface area contributed by atoms with Crippen molar-refractivity contribution in [3.8, 4) is 0 Å². The fraction of sp³-hybridized carbons (Fsp3) is 0.320. The smallest absolute Gasteiger partial charge is 0.202 e. The topological polar surface area (TPSA) is 81.8 Å². The van der Waals surface area contributed by atoms with Crippen molar-refractivity contribution in [1.29, 1.82) is 0 Å². The standard InChI is InChI=1S/C25H28FN7/c26-20-6-4-18(5-7-20)17-19-8-12-29-24-23(19)31-25(32-24)30-21-9-14-33(15-10-21)16-13-28-22-3-1-2-11-27-22/h1-8,11-12,21H,9-10,13-17H2,(H,27,28)(H2,29,30,31,32). The molecule has 5 rings (SSSR count). The first-order valence-corrected chi connectivity index (χ1v) is 11.4. The normalized spacial score (nSPS) is 15.1. The van der Waals surface area contributed by atoms with Crippen LogP contribution in [-0.2, 0) is 6.42 Å². The Bertz CT molecular complexity index is 1170. The monoisotopic (exact) mass is 445 g/mol. The second-order valence-electron chi connectivity index (χ2n) is 8.46. The minimum atomic E-state index is -0.222. The summed E-state index contributed by atoms with van der Waals surface area (Å²) in [6, 6.07) is 14.9. The molecule has 0 spiro atoms. The van der Waals surface area contributed by atoms with Gasteiger partial charge in [0.2, 0.25) is 5.95 Å². The zero-order valence-electron chi connectivity index (χ0n) is 18.5. The van der Waals surface area contributed by atoms with Crippen LogP contribution in [0.25, 0.3) is 11.2 Å². The van der Waals surface area contributed by atoms with Gasteiger partial charge in [0.1, 0.15) is 17.2 Å². The summed E-state index contributed by atoms with van der Waals surface area (Å²) in [4.78, 5) is 19.3. The first-order chi connectivity index (χ1) is 16.2. The molecular weight excluding hydrogens is 417 g/mol. The minimum Gasteiger partial charge on any atom is -0.369 e. The number of aromatic nitrogens is 4. The van der Waals surface area contributed by atoms with Crippen LogP contribution in [0.4, 0.5) is 16.2 Å². The number of imidazole rings is 1. The van der Waals surface area contributed by atoms with Crippen molar-refractivity contribution < 1.29 is 4.39 Å². The van der Waals surface area contributed by atoms with E-state index in [0.717, 1.165) is 73.1 Å². The average Bonchev–Trinajstić information content (AvgIpc) is 3.26. The Morgan fingerprint density at radius 3 is 2.64 bits per heavy atom. The summed E-state index contributed by atoms with van der Waals surface area (Å²) in [7, 11) is 0. The fourth-order valence-electron chi connectivity index (χ4n) is 4.30. The largest absolute Gasteiger partial charge is 0.369 e. The van der Waals surface area contributed by atoms with E-state index in [1.807, 2.05) is 36.4 Å². The molecule has 0 amide bonds. The second kappa shape index (κ2) is 9.95. The molecule has 33 heavy (non-hydrogen) atoms. The number of likely N-dealkylation sites (tertiary alicyclic amines) is 1. The summed E-state index contributed by atoms with van der Waals surface area (Å²) in [6.45, 7) is 4.00. The third kappa shape index (κ3) is 5.46. The van der Waals surface area contributed by atoms with Crippen LogP contribution in [0.1, 0.15) is 24.0 Å². The van der Waals surface area contributed by atoms with Crippen molar-refractivity contribution in [1.82, 2.24) is 24.8 Å². The lowest BCUT2D eigenvalue weighted by Crippen LogP contribution is -2.41. The van der Waals surface area contributed by atoms with Crippen LogP contribution in [0, 0.1) is 5.82 Å². The van der Waals surface area contributed by atoms with Crippen molar-refractivity contribution >= 4 is 22.9 Å². The Labute approximate surface area is 192 Å². The van der Waals surface area contributed by atoms with E-state index in [1.165, 1.54) is 12.1 Å². The number of nitrogens with zero attached hydrogens (tertiary/aromatic N) is 4. The van der Waals surface area contributed by atoms with Crippen LogP contribution in [-0.4, -0.2) is 57.1 Å². The van der Waals surface area contributed by atoms with E-state index < -0.39 is 0 Å². The zero-order chi connectivity index (χ0) is 22.5. The molecule has 1 saturated heterocycles. The number of piperidine rings is 1. The van der Waals surface area contributed by atoms with Gasteiger partial charge in [-0.05, 0) is 60.7 Å². The van der Waals surface area contributed by atoms with Crippen LogP contribution in [0.2, 0.25) is 0 Å². The SMILES string of the molecule is Fc1ccc(Cc2ccnc3[nH]c(NC4CCN(CCNc5ccccn5)CC4)nc23)cc1. The predicted octanol–water partition coefficient (Wildman–Crippen LogP) is 4.07. The Morgan fingerprint density at radius 1 is 1.00 bits per heavy atom. The number of fused-ring (bicyclic) bond motifs is 1. The van der Waals surface area contributed by atoms with Gasteiger partial charge in [0.15, 0.2) is 5.65 Å². The number of H-pyrrole nitrogens is 1. The highest BCUT2D eigenvalue weighted by Gasteiger charge is 2.20. The molecule has 0 unspecified atom stereocenters. The second-order valence-corrected chi connectivity index (χ2v) is 8.46. The molecule has 3 aromatic heterocycles. The Hall–Kier alpha value is -3.52. The Balaban J connectivity index is 1.14. The highest BCUT2D eigenvalue weighted by molar-refractivity contribution is 5.77. The molecule has 0 atom stereocenters. The molecule has 1 fully saturated rings. The van der Waals surface area contributed by atoms with E-state index in [0.29, 0.717) is 12.5 Å². The van der Waals surface area contributed by atoms with Crippen LogP contribution in [0.3, 0.4) is 0 Å². The lowest BCUT2D eigenvalue weighted by Gasteiger charge is -2.32. The summed E-state index contributed by atoms with van der Waals surface area (Å²) < 4.78 is 13.2. The summed E-state index contributed by atoms with van der Waals surface area (Å²) in [5, 5.41) is 6.94. The van der Waals surface area contributed by atoms with Gasteiger partial charge in [0, 0.05) is 44.6 Å². The maximum Gasteiger partial charge on any atom is 0.202 e. The number of pyridine rings is 2. The number of rotatable bonds is 8. The molecule has 0 bridgehead atoms. The van der Waals surface area contributed by atoms with Crippen molar-refractivity contribution in [3.63, 3.8) is 0 Å². The molecular formula is C25H28FN7. The van der Waals surface area contributed by atoms with Gasteiger partial charge in [0.05, 0.1) is 0 Å². The van der Waals surface area contributed by atoms with E-state index in [-0.39, 0.29) is 5.82 Å². The summed E-state index contributed by atoms with van der Waals surface area (Å²) in [5.74, 6) is 1.46. The van der Waals surface area contributed by atoms with Gasteiger partial charge < -0.3 is 20.5 Å². The summed E-state index contributed by atoms with van der Waals surface area (Å²) in [5.41, 5.74) is 3.76. The maximum absolute atomic E-state index is 13.2. The molecule has 3 N–H and O–H groups in total. The number of nitrogens with one attached hydrogen (secondary N) is 3. The van der Waals surface area contributed by atoms with E-state index >= 15 is 0 Å². The number of anilines is 2. The van der Waals surface area contributed by atoms with Crippen LogP contribution >= 0.6 is 0 Å². The van der Waals surface area contributed by atoms with E-state index in [1.54, 1.807) is 12.4 Å². The number of halogens is 1. The Morgan fingerprint density at radius 2 is 1.85 bits per heavy atom. The van der Waals surface area contributed by atoms with Crippen LogP contribution in [0.5, 0.6) is 0 Å². The molecule has 4 aromatic rings. The fourth-order valence-corrected chi connectivity index (χ4v) is 4.30. The molecule has 0 saturated carbocycles. The molecule has 170 valence electrons. The first kappa shape index (κ1) is 21.3. The quantitative estimate of drug-likeness (QED) is 0.379. The molecule has 8 heteroatoms. The third-order valence-electron chi connectivity index (χ3n) is 6.10. The highest BCUT2D eigenvalue weighted by Crippen LogP contribution is 2.22. The molecule has 0 aliphatic carbocycles. The molecule has 1 aliphatic heterocycles. The molecule has 0 radical (unpaired) electrons. The van der Waals surface area contributed by atoms with Gasteiger partial charge in [-0.1, -0.05) is 18.2 Å². The summed E-state index contributed by atoms with van der Waals surface area (Å²) >= 11 is 0. The highest BCUT2D eigenvalue weighted by atomic mass is 19.1. The van der Waals surface area contributed by atoms with Gasteiger partial charge in [0.25, 0.3) is 0 Å². The van der Waals surface area contributed by atoms with Gasteiger partial charge in [-0.3, -0.25) is 0 Å². The molecule has 7 nitrogen and oxygen atoms in total. The van der Waals surface area contributed by atoms with Gasteiger partial charge in [-0.15, -0.1) is 0 Å². The van der Waals surface area contributed by atoms with E-state index in [9.17, 15) is 4.39 Å². The molecule has 4 heterocycles. The van der Waals surface area contributed by atoms with Crippen molar-refractivity contribution in [2.75, 3.05) is 36.8 Å². The third-order valence-corrected chi connectivity index (χ3v) is 6.10. The minimum absolute atomic E-state index is 0.222. The van der Waals surface area contributed by atoms with Crippen LogP contribution < -0.4 is 10.6 Å². The van der Waals surface area contributed by atoms with Gasteiger partial charge in [-0.2, -0.15) is 0 Å².